The lowest BCUT2D eigenvalue weighted by Gasteiger charge is -2.21. The van der Waals surface area contributed by atoms with Crippen LogP contribution in [-0.2, 0) is 4.74 Å². The van der Waals surface area contributed by atoms with E-state index in [0.29, 0.717) is 23.5 Å². The SMILES string of the molecule is CCCN1NC(Nc2cnccc2C(=O)OC)c2cccc(F)c21. The van der Waals surface area contributed by atoms with E-state index in [1.165, 1.54) is 19.4 Å². The summed E-state index contributed by atoms with van der Waals surface area (Å²) >= 11 is 0. The number of ether oxygens (including phenoxy) is 1. The molecule has 0 aliphatic carbocycles. The molecule has 2 heterocycles. The number of rotatable bonds is 5. The van der Waals surface area contributed by atoms with Crippen LogP contribution in [0.2, 0.25) is 0 Å². The number of esters is 1. The van der Waals surface area contributed by atoms with Gasteiger partial charge in [0, 0.05) is 18.3 Å². The molecule has 0 radical (unpaired) electrons. The Labute approximate surface area is 139 Å². The van der Waals surface area contributed by atoms with E-state index < -0.39 is 5.97 Å². The van der Waals surface area contributed by atoms with Crippen molar-refractivity contribution in [3.8, 4) is 0 Å². The van der Waals surface area contributed by atoms with Gasteiger partial charge in [-0.15, -0.1) is 0 Å². The van der Waals surface area contributed by atoms with Crippen LogP contribution in [0.15, 0.2) is 36.7 Å². The zero-order valence-corrected chi connectivity index (χ0v) is 13.5. The summed E-state index contributed by atoms with van der Waals surface area (Å²) in [6, 6.07) is 6.55. The predicted molar refractivity (Wildman–Crippen MR) is 89.1 cm³/mol. The molecule has 1 aromatic carbocycles. The minimum Gasteiger partial charge on any atom is -0.465 e. The number of halogens is 1. The zero-order valence-electron chi connectivity index (χ0n) is 13.5. The quantitative estimate of drug-likeness (QED) is 0.822. The van der Waals surface area contributed by atoms with E-state index in [1.54, 1.807) is 23.3 Å². The Morgan fingerprint density at radius 3 is 3.04 bits per heavy atom. The molecule has 0 spiro atoms. The van der Waals surface area contributed by atoms with Crippen molar-refractivity contribution >= 4 is 17.3 Å². The standard InChI is InChI=1S/C17H19FN4O2/c1-3-9-22-15-12(5-4-6-13(15)18)16(21-22)20-14-10-19-8-7-11(14)17(23)24-2/h4-8,10,16,20-21H,3,9H2,1-2H3. The molecule has 0 saturated heterocycles. The molecule has 1 aliphatic heterocycles. The van der Waals surface area contributed by atoms with Gasteiger partial charge in [-0.25, -0.2) is 14.6 Å². The molecule has 1 aliphatic rings. The first-order chi connectivity index (χ1) is 11.7. The molecule has 0 saturated carbocycles. The number of pyridine rings is 1. The molecular formula is C17H19FN4O2. The highest BCUT2D eigenvalue weighted by Gasteiger charge is 2.31. The average molecular weight is 330 g/mol. The minimum atomic E-state index is -0.456. The number of anilines is 2. The fraction of sp³-hybridized carbons (Fsp3) is 0.294. The van der Waals surface area contributed by atoms with Gasteiger partial charge < -0.3 is 15.1 Å². The van der Waals surface area contributed by atoms with Gasteiger partial charge in [-0.2, -0.15) is 0 Å². The third kappa shape index (κ3) is 2.90. The van der Waals surface area contributed by atoms with Crippen LogP contribution in [0.1, 0.15) is 35.4 Å². The summed E-state index contributed by atoms with van der Waals surface area (Å²) in [4.78, 5) is 15.9. The topological polar surface area (TPSA) is 66.5 Å². The monoisotopic (exact) mass is 330 g/mol. The molecule has 6 nitrogen and oxygen atoms in total. The Kier molecular flexibility index (Phi) is 4.61. The number of carbonyl (C=O) groups excluding carboxylic acids is 1. The number of para-hydroxylation sites is 1. The van der Waals surface area contributed by atoms with Crippen molar-refractivity contribution < 1.29 is 13.9 Å². The van der Waals surface area contributed by atoms with Gasteiger partial charge >= 0.3 is 5.97 Å². The fourth-order valence-corrected chi connectivity index (χ4v) is 2.80. The summed E-state index contributed by atoms with van der Waals surface area (Å²) in [5.74, 6) is -0.736. The normalized spacial score (nSPS) is 16.0. The Hall–Kier alpha value is -2.67. The Morgan fingerprint density at radius 2 is 2.29 bits per heavy atom. The Morgan fingerprint density at radius 1 is 1.46 bits per heavy atom. The first kappa shape index (κ1) is 16.2. The molecular weight excluding hydrogens is 311 g/mol. The van der Waals surface area contributed by atoms with Crippen LogP contribution < -0.4 is 15.8 Å². The molecule has 1 unspecified atom stereocenters. The summed E-state index contributed by atoms with van der Waals surface area (Å²) in [5, 5.41) is 5.00. The second-order valence-electron chi connectivity index (χ2n) is 5.45. The van der Waals surface area contributed by atoms with E-state index in [1.807, 2.05) is 13.0 Å². The maximum Gasteiger partial charge on any atom is 0.340 e. The van der Waals surface area contributed by atoms with Crippen LogP contribution in [0, 0.1) is 5.82 Å². The molecule has 1 aromatic heterocycles. The molecule has 7 heteroatoms. The number of fused-ring (bicyclic) bond motifs is 1. The third-order valence-corrected chi connectivity index (χ3v) is 3.86. The van der Waals surface area contributed by atoms with Gasteiger partial charge in [0.25, 0.3) is 0 Å². The molecule has 126 valence electrons. The lowest BCUT2D eigenvalue weighted by Crippen LogP contribution is -2.38. The van der Waals surface area contributed by atoms with Crippen molar-refractivity contribution in [3.63, 3.8) is 0 Å². The summed E-state index contributed by atoms with van der Waals surface area (Å²) < 4.78 is 19.0. The minimum absolute atomic E-state index is 0.280. The van der Waals surface area contributed by atoms with Gasteiger partial charge in [0.15, 0.2) is 0 Å². The van der Waals surface area contributed by atoms with Crippen molar-refractivity contribution in [3.05, 3.63) is 53.6 Å². The Bertz CT molecular complexity index is 753. The molecule has 24 heavy (non-hydrogen) atoms. The number of nitrogens with zero attached hydrogens (tertiary/aromatic N) is 2. The van der Waals surface area contributed by atoms with Gasteiger partial charge in [-0.05, 0) is 18.6 Å². The first-order valence-corrected chi connectivity index (χ1v) is 7.76. The third-order valence-electron chi connectivity index (χ3n) is 3.86. The number of hydrogen-bond acceptors (Lipinski definition) is 6. The number of aromatic nitrogens is 1. The van der Waals surface area contributed by atoms with E-state index >= 15 is 0 Å². The number of nitrogens with one attached hydrogen (secondary N) is 2. The fourth-order valence-electron chi connectivity index (χ4n) is 2.80. The predicted octanol–water partition coefficient (Wildman–Crippen LogP) is 2.85. The molecule has 0 amide bonds. The molecule has 2 aromatic rings. The van der Waals surface area contributed by atoms with E-state index in [-0.39, 0.29) is 12.0 Å². The Balaban J connectivity index is 1.93. The second-order valence-corrected chi connectivity index (χ2v) is 5.45. The van der Waals surface area contributed by atoms with Crippen LogP contribution >= 0.6 is 0 Å². The summed E-state index contributed by atoms with van der Waals surface area (Å²) in [6.45, 7) is 2.70. The van der Waals surface area contributed by atoms with Crippen molar-refractivity contribution in [1.29, 1.82) is 0 Å². The molecule has 1 atom stereocenters. The van der Waals surface area contributed by atoms with Crippen molar-refractivity contribution in [2.45, 2.75) is 19.5 Å². The summed E-state index contributed by atoms with van der Waals surface area (Å²) in [7, 11) is 1.33. The number of hydrogen-bond donors (Lipinski definition) is 2. The van der Waals surface area contributed by atoms with E-state index in [9.17, 15) is 9.18 Å². The van der Waals surface area contributed by atoms with Gasteiger partial charge in [-0.1, -0.05) is 19.1 Å². The van der Waals surface area contributed by atoms with E-state index in [0.717, 1.165) is 12.0 Å². The van der Waals surface area contributed by atoms with Crippen molar-refractivity contribution in [2.24, 2.45) is 0 Å². The van der Waals surface area contributed by atoms with Crippen LogP contribution in [0.25, 0.3) is 0 Å². The zero-order chi connectivity index (χ0) is 17.1. The highest BCUT2D eigenvalue weighted by atomic mass is 19.1. The number of carbonyl (C=O) groups is 1. The van der Waals surface area contributed by atoms with Gasteiger partial charge in [0.05, 0.1) is 30.2 Å². The lowest BCUT2D eigenvalue weighted by atomic mass is 10.1. The van der Waals surface area contributed by atoms with E-state index in [2.05, 4.69) is 15.7 Å². The smallest absolute Gasteiger partial charge is 0.340 e. The van der Waals surface area contributed by atoms with Gasteiger partial charge in [-0.3, -0.25) is 4.98 Å². The van der Waals surface area contributed by atoms with Crippen LogP contribution in [0.4, 0.5) is 15.8 Å². The highest BCUT2D eigenvalue weighted by molar-refractivity contribution is 5.95. The average Bonchev–Trinajstić information content (AvgIpc) is 2.94. The largest absolute Gasteiger partial charge is 0.465 e. The summed E-state index contributed by atoms with van der Waals surface area (Å²) in [5.41, 5.74) is 5.44. The maximum atomic E-state index is 14.2. The number of hydrazine groups is 1. The van der Waals surface area contributed by atoms with Crippen molar-refractivity contribution in [2.75, 3.05) is 24.0 Å². The molecule has 0 fully saturated rings. The van der Waals surface area contributed by atoms with Crippen LogP contribution in [0.3, 0.4) is 0 Å². The molecule has 2 N–H and O–H groups in total. The van der Waals surface area contributed by atoms with Crippen LogP contribution in [-0.4, -0.2) is 24.6 Å². The van der Waals surface area contributed by atoms with E-state index in [4.69, 9.17) is 4.74 Å². The molecule has 3 rings (SSSR count). The lowest BCUT2D eigenvalue weighted by molar-refractivity contribution is 0.0601. The van der Waals surface area contributed by atoms with Gasteiger partial charge in [0.1, 0.15) is 12.0 Å². The molecule has 0 bridgehead atoms. The van der Waals surface area contributed by atoms with Gasteiger partial charge in [0.2, 0.25) is 0 Å². The number of methoxy groups -OCH3 is 1. The summed E-state index contributed by atoms with van der Waals surface area (Å²) in [6.07, 6.45) is 3.58. The first-order valence-electron chi connectivity index (χ1n) is 7.76. The highest BCUT2D eigenvalue weighted by Crippen LogP contribution is 2.35. The second kappa shape index (κ2) is 6.84. The number of benzene rings is 1. The van der Waals surface area contributed by atoms with Crippen LogP contribution in [0.5, 0.6) is 0 Å². The maximum absolute atomic E-state index is 14.2. The van der Waals surface area contributed by atoms with Crippen molar-refractivity contribution in [1.82, 2.24) is 10.4 Å².